The zero-order valence-corrected chi connectivity index (χ0v) is 14.7. The second-order valence-corrected chi connectivity index (χ2v) is 9.38. The van der Waals surface area contributed by atoms with Gasteiger partial charge in [-0.1, -0.05) is 12.1 Å². The molecular formula is C12H16BrNO3S3. The maximum atomic E-state index is 12.3. The fourth-order valence-electron chi connectivity index (χ4n) is 1.76. The molecule has 0 amide bonds. The van der Waals surface area contributed by atoms with Crippen LogP contribution in [-0.4, -0.2) is 48.7 Å². The number of nitrogens with one attached hydrogen (secondary N) is 1. The highest BCUT2D eigenvalue weighted by Crippen LogP contribution is 2.25. The third-order valence-corrected chi connectivity index (χ3v) is 7.97. The number of aliphatic hydroxyl groups is 1. The van der Waals surface area contributed by atoms with E-state index in [4.69, 9.17) is 0 Å². The molecule has 0 aromatic heterocycles. The van der Waals surface area contributed by atoms with Gasteiger partial charge in [0.15, 0.2) is 0 Å². The van der Waals surface area contributed by atoms with Gasteiger partial charge in [-0.25, -0.2) is 13.1 Å². The molecule has 2 N–H and O–H groups in total. The Morgan fingerprint density at radius 2 is 1.85 bits per heavy atom. The SMILES string of the molecule is O=S(=O)(NCC1(O)CSCCSC1)c1ccccc1Br. The normalized spacial score (nSPS) is 19.5. The number of halogens is 1. The third kappa shape index (κ3) is 4.38. The topological polar surface area (TPSA) is 66.4 Å². The van der Waals surface area contributed by atoms with Crippen molar-refractivity contribution in [3.8, 4) is 0 Å². The van der Waals surface area contributed by atoms with Crippen molar-refractivity contribution in [1.82, 2.24) is 4.72 Å². The van der Waals surface area contributed by atoms with E-state index in [1.165, 1.54) is 6.07 Å². The van der Waals surface area contributed by atoms with Crippen molar-refractivity contribution in [2.45, 2.75) is 10.5 Å². The first kappa shape index (κ1) is 16.6. The second-order valence-electron chi connectivity index (χ2n) is 4.58. The van der Waals surface area contributed by atoms with E-state index in [1.54, 1.807) is 41.7 Å². The number of sulfonamides is 1. The number of hydrogen-bond acceptors (Lipinski definition) is 5. The van der Waals surface area contributed by atoms with Gasteiger partial charge < -0.3 is 5.11 Å². The first-order chi connectivity index (χ1) is 9.43. The smallest absolute Gasteiger partial charge is 0.241 e. The van der Waals surface area contributed by atoms with Crippen LogP contribution in [0.5, 0.6) is 0 Å². The van der Waals surface area contributed by atoms with Gasteiger partial charge in [0.2, 0.25) is 10.0 Å². The largest absolute Gasteiger partial charge is 0.387 e. The van der Waals surface area contributed by atoms with Crippen molar-refractivity contribution in [1.29, 1.82) is 0 Å². The summed E-state index contributed by atoms with van der Waals surface area (Å²) in [6, 6.07) is 6.65. The van der Waals surface area contributed by atoms with Crippen LogP contribution in [0, 0.1) is 0 Å². The Morgan fingerprint density at radius 1 is 1.25 bits per heavy atom. The summed E-state index contributed by atoms with van der Waals surface area (Å²) in [7, 11) is -3.62. The van der Waals surface area contributed by atoms with Crippen LogP contribution < -0.4 is 4.72 Å². The summed E-state index contributed by atoms with van der Waals surface area (Å²) >= 11 is 6.55. The predicted molar refractivity (Wildman–Crippen MR) is 88.9 cm³/mol. The van der Waals surface area contributed by atoms with Crippen molar-refractivity contribution in [3.63, 3.8) is 0 Å². The molecule has 0 radical (unpaired) electrons. The highest BCUT2D eigenvalue weighted by atomic mass is 79.9. The van der Waals surface area contributed by atoms with E-state index in [2.05, 4.69) is 20.7 Å². The van der Waals surface area contributed by atoms with Gasteiger partial charge in [-0.15, -0.1) is 0 Å². The summed E-state index contributed by atoms with van der Waals surface area (Å²) in [5.41, 5.74) is -0.986. The Hall–Kier alpha value is 0.270. The van der Waals surface area contributed by atoms with E-state index >= 15 is 0 Å². The number of hydrogen-bond donors (Lipinski definition) is 2. The van der Waals surface area contributed by atoms with Crippen LogP contribution in [0.15, 0.2) is 33.6 Å². The molecule has 0 saturated carbocycles. The summed E-state index contributed by atoms with van der Waals surface area (Å²) in [4.78, 5) is 0.192. The zero-order chi connectivity index (χ0) is 14.6. The lowest BCUT2D eigenvalue weighted by atomic mass is 10.1. The van der Waals surface area contributed by atoms with Gasteiger partial charge in [-0.05, 0) is 28.1 Å². The van der Waals surface area contributed by atoms with Gasteiger partial charge in [-0.3, -0.25) is 0 Å². The molecule has 8 heteroatoms. The number of thioether (sulfide) groups is 2. The molecule has 0 unspecified atom stereocenters. The molecule has 1 heterocycles. The van der Waals surface area contributed by atoms with Gasteiger partial charge in [0.05, 0.1) is 10.5 Å². The first-order valence-corrected chi connectivity index (χ1v) is 10.6. The molecule has 1 aliphatic rings. The molecule has 1 aromatic carbocycles. The van der Waals surface area contributed by atoms with Crippen LogP contribution in [0.2, 0.25) is 0 Å². The summed E-state index contributed by atoms with van der Waals surface area (Å²) in [5, 5.41) is 10.5. The average Bonchev–Trinajstić information content (AvgIpc) is 2.63. The van der Waals surface area contributed by atoms with Crippen molar-refractivity contribution in [3.05, 3.63) is 28.7 Å². The summed E-state index contributed by atoms with van der Waals surface area (Å²) in [5.74, 6) is 3.09. The Balaban J connectivity index is 2.07. The summed E-state index contributed by atoms with van der Waals surface area (Å²) in [6.45, 7) is 0.0384. The van der Waals surface area contributed by atoms with Crippen LogP contribution in [0.1, 0.15) is 0 Å². The lowest BCUT2D eigenvalue weighted by molar-refractivity contribution is 0.0962. The van der Waals surface area contributed by atoms with E-state index in [1.807, 2.05) is 0 Å². The van der Waals surface area contributed by atoms with E-state index in [-0.39, 0.29) is 11.4 Å². The fraction of sp³-hybridized carbons (Fsp3) is 0.500. The van der Waals surface area contributed by atoms with Crippen LogP contribution in [0.25, 0.3) is 0 Å². The minimum atomic E-state index is -3.62. The Labute approximate surface area is 136 Å². The molecule has 4 nitrogen and oxygen atoms in total. The molecular weight excluding hydrogens is 382 g/mol. The quantitative estimate of drug-likeness (QED) is 0.812. The Morgan fingerprint density at radius 3 is 2.45 bits per heavy atom. The van der Waals surface area contributed by atoms with Crippen LogP contribution in [0.3, 0.4) is 0 Å². The van der Waals surface area contributed by atoms with Crippen molar-refractivity contribution >= 4 is 49.5 Å². The van der Waals surface area contributed by atoms with Gasteiger partial charge in [-0.2, -0.15) is 23.5 Å². The van der Waals surface area contributed by atoms with E-state index < -0.39 is 15.6 Å². The summed E-state index contributed by atoms with van der Waals surface area (Å²) < 4.78 is 27.6. The molecule has 0 atom stereocenters. The molecule has 1 saturated heterocycles. The molecule has 0 aliphatic carbocycles. The predicted octanol–water partition coefficient (Wildman–Crippen LogP) is 1.94. The maximum Gasteiger partial charge on any atom is 0.241 e. The second kappa shape index (κ2) is 7.02. The van der Waals surface area contributed by atoms with Crippen LogP contribution in [-0.2, 0) is 10.0 Å². The monoisotopic (exact) mass is 397 g/mol. The van der Waals surface area contributed by atoms with E-state index in [0.29, 0.717) is 16.0 Å². The van der Waals surface area contributed by atoms with Crippen LogP contribution in [0.4, 0.5) is 0 Å². The van der Waals surface area contributed by atoms with Crippen molar-refractivity contribution in [2.75, 3.05) is 29.6 Å². The number of rotatable bonds is 4. The Bertz CT molecular complexity index is 557. The molecule has 0 bridgehead atoms. The van der Waals surface area contributed by atoms with Crippen molar-refractivity contribution < 1.29 is 13.5 Å². The van der Waals surface area contributed by atoms with Crippen molar-refractivity contribution in [2.24, 2.45) is 0 Å². The molecule has 2 rings (SSSR count). The van der Waals surface area contributed by atoms with Gasteiger partial charge >= 0.3 is 0 Å². The highest BCUT2D eigenvalue weighted by Gasteiger charge is 2.31. The van der Waals surface area contributed by atoms with Gasteiger partial charge in [0.1, 0.15) is 0 Å². The maximum absolute atomic E-state index is 12.3. The number of benzene rings is 1. The third-order valence-electron chi connectivity index (χ3n) is 2.83. The minimum absolute atomic E-state index is 0.0384. The fourth-order valence-corrected chi connectivity index (χ4v) is 6.41. The molecule has 1 aromatic rings. The lowest BCUT2D eigenvalue weighted by Crippen LogP contribution is -2.46. The average molecular weight is 398 g/mol. The molecule has 1 fully saturated rings. The summed E-state index contributed by atoms with van der Waals surface area (Å²) in [6.07, 6.45) is 0. The van der Waals surface area contributed by atoms with E-state index in [9.17, 15) is 13.5 Å². The van der Waals surface area contributed by atoms with Gasteiger partial charge in [0.25, 0.3) is 0 Å². The first-order valence-electron chi connectivity index (χ1n) is 6.05. The highest BCUT2D eigenvalue weighted by molar-refractivity contribution is 9.10. The zero-order valence-electron chi connectivity index (χ0n) is 10.7. The van der Waals surface area contributed by atoms with Gasteiger partial charge in [0, 0.05) is 34.0 Å². The molecule has 20 heavy (non-hydrogen) atoms. The van der Waals surface area contributed by atoms with Crippen LogP contribution >= 0.6 is 39.5 Å². The molecule has 112 valence electrons. The standard InChI is InChI=1S/C12H16BrNO3S3/c13-10-3-1-2-4-11(10)20(16,17)14-7-12(15)8-18-5-6-19-9-12/h1-4,14-15H,5-9H2. The minimum Gasteiger partial charge on any atom is -0.387 e. The Kier molecular flexibility index (Phi) is 5.84. The van der Waals surface area contributed by atoms with E-state index in [0.717, 1.165) is 11.5 Å². The lowest BCUT2D eigenvalue weighted by Gasteiger charge is -2.25. The molecule has 1 aliphatic heterocycles. The molecule has 0 spiro atoms.